The van der Waals surface area contributed by atoms with Crippen molar-refractivity contribution in [2.75, 3.05) is 11.9 Å². The van der Waals surface area contributed by atoms with Crippen LogP contribution in [0, 0.1) is 5.92 Å². The highest BCUT2D eigenvalue weighted by Crippen LogP contribution is 2.36. The van der Waals surface area contributed by atoms with E-state index in [9.17, 15) is 0 Å². The summed E-state index contributed by atoms with van der Waals surface area (Å²) in [5.41, 5.74) is 5.37. The summed E-state index contributed by atoms with van der Waals surface area (Å²) < 4.78 is 15.1. The van der Waals surface area contributed by atoms with Gasteiger partial charge in [-0.25, -0.2) is 4.39 Å². The maximum atomic E-state index is 15.1. The Labute approximate surface area is 193 Å². The van der Waals surface area contributed by atoms with Crippen LogP contribution in [0.3, 0.4) is 0 Å². The molecule has 0 aliphatic heterocycles. The number of hydrogen-bond acceptors (Lipinski definition) is 1. The average Bonchev–Trinajstić information content (AvgIpc) is 2.83. The summed E-state index contributed by atoms with van der Waals surface area (Å²) in [4.78, 5) is 0. The van der Waals surface area contributed by atoms with E-state index in [1.807, 2.05) is 30.3 Å². The fraction of sp³-hybridized carbons (Fsp3) is 0.333. The van der Waals surface area contributed by atoms with Crippen molar-refractivity contribution in [1.29, 1.82) is 0 Å². The molecule has 32 heavy (non-hydrogen) atoms. The van der Waals surface area contributed by atoms with Gasteiger partial charge in [0, 0.05) is 17.8 Å². The van der Waals surface area contributed by atoms with Gasteiger partial charge in [-0.05, 0) is 71.6 Å². The molecule has 0 bridgehead atoms. The van der Waals surface area contributed by atoms with Crippen molar-refractivity contribution in [3.8, 4) is 0 Å². The third-order valence-corrected chi connectivity index (χ3v) is 6.41. The fourth-order valence-corrected chi connectivity index (χ4v) is 4.32. The second-order valence-corrected chi connectivity index (χ2v) is 8.91. The van der Waals surface area contributed by atoms with Crippen LogP contribution in [0.4, 0.5) is 10.1 Å². The van der Waals surface area contributed by atoms with Crippen molar-refractivity contribution in [2.24, 2.45) is 5.92 Å². The predicted molar refractivity (Wildman–Crippen MR) is 138 cm³/mol. The molecule has 0 saturated heterocycles. The molecule has 1 fully saturated rings. The minimum absolute atomic E-state index is 0.335. The lowest BCUT2D eigenvalue weighted by molar-refractivity contribution is 0.348. The number of allylic oxidation sites excluding steroid dienone is 6. The standard InChI is InChI=1S/C30H36FN/c1-5-7-28(27-14-12-26(13-15-27)25-10-8-22(3)9-11-25)21-30(31)23(4)24-16-18-29(19-17-24)32-20-6-2/h5,7,12-19,21-22,25,32H,1,4,6,8-11,20H2,2-3H3/b28-7+,30-21+. The summed E-state index contributed by atoms with van der Waals surface area (Å²) in [5.74, 6) is 1.16. The van der Waals surface area contributed by atoms with Gasteiger partial charge in [-0.1, -0.05) is 88.4 Å². The average molecular weight is 430 g/mol. The molecule has 0 spiro atoms. The molecule has 168 valence electrons. The van der Waals surface area contributed by atoms with Gasteiger partial charge in [0.05, 0.1) is 0 Å². The number of rotatable bonds is 9. The SMILES string of the molecule is C=C/C=C(\C=C(\F)C(=C)c1ccc(NCCC)cc1)c1ccc(C2CCC(C)CC2)cc1. The lowest BCUT2D eigenvalue weighted by Crippen LogP contribution is -2.10. The zero-order valence-corrected chi connectivity index (χ0v) is 19.5. The van der Waals surface area contributed by atoms with Crippen LogP contribution >= 0.6 is 0 Å². The van der Waals surface area contributed by atoms with Gasteiger partial charge in [-0.2, -0.15) is 0 Å². The van der Waals surface area contributed by atoms with Gasteiger partial charge >= 0.3 is 0 Å². The molecule has 0 aromatic heterocycles. The van der Waals surface area contributed by atoms with Crippen LogP contribution < -0.4 is 5.32 Å². The van der Waals surface area contributed by atoms with Gasteiger partial charge in [0.1, 0.15) is 5.83 Å². The van der Waals surface area contributed by atoms with Crippen LogP contribution in [-0.4, -0.2) is 6.54 Å². The zero-order chi connectivity index (χ0) is 22.9. The summed E-state index contributed by atoms with van der Waals surface area (Å²) >= 11 is 0. The van der Waals surface area contributed by atoms with Crippen molar-refractivity contribution in [2.45, 2.75) is 51.9 Å². The molecule has 2 aromatic carbocycles. The number of hydrogen-bond donors (Lipinski definition) is 1. The number of nitrogens with one attached hydrogen (secondary N) is 1. The normalized spacial score (nSPS) is 19.5. The Morgan fingerprint density at radius 3 is 2.22 bits per heavy atom. The third-order valence-electron chi connectivity index (χ3n) is 6.41. The summed E-state index contributed by atoms with van der Waals surface area (Å²) in [7, 11) is 0. The molecule has 0 atom stereocenters. The van der Waals surface area contributed by atoms with Crippen LogP contribution in [0.5, 0.6) is 0 Å². The van der Waals surface area contributed by atoms with E-state index in [0.29, 0.717) is 11.5 Å². The van der Waals surface area contributed by atoms with E-state index in [1.54, 1.807) is 12.2 Å². The minimum Gasteiger partial charge on any atom is -0.385 e. The molecular formula is C30H36FN. The van der Waals surface area contributed by atoms with Crippen molar-refractivity contribution in [3.05, 3.63) is 102 Å². The lowest BCUT2D eigenvalue weighted by Gasteiger charge is -2.26. The maximum Gasteiger partial charge on any atom is 0.131 e. The second-order valence-electron chi connectivity index (χ2n) is 8.91. The quantitative estimate of drug-likeness (QED) is 0.392. The van der Waals surface area contributed by atoms with Crippen LogP contribution in [0.2, 0.25) is 0 Å². The molecule has 0 amide bonds. The monoisotopic (exact) mass is 429 g/mol. The fourth-order valence-electron chi connectivity index (χ4n) is 4.32. The Balaban J connectivity index is 1.74. The third kappa shape index (κ3) is 6.32. The topological polar surface area (TPSA) is 12.0 Å². The molecule has 2 heteroatoms. The Hall–Kier alpha value is -2.87. The molecule has 1 aliphatic carbocycles. The van der Waals surface area contributed by atoms with E-state index in [4.69, 9.17) is 0 Å². The summed E-state index contributed by atoms with van der Waals surface area (Å²) in [6.45, 7) is 13.2. The second kappa shape index (κ2) is 11.7. The minimum atomic E-state index is -0.335. The molecule has 0 radical (unpaired) electrons. The largest absolute Gasteiger partial charge is 0.385 e. The first-order valence-corrected chi connectivity index (χ1v) is 11.9. The van der Waals surface area contributed by atoms with Crippen molar-refractivity contribution in [1.82, 2.24) is 0 Å². The highest BCUT2D eigenvalue weighted by Gasteiger charge is 2.19. The van der Waals surface area contributed by atoms with E-state index in [0.717, 1.165) is 41.3 Å². The van der Waals surface area contributed by atoms with Gasteiger partial charge in [0.2, 0.25) is 0 Å². The summed E-state index contributed by atoms with van der Waals surface area (Å²) in [5, 5.41) is 3.33. The van der Waals surface area contributed by atoms with Crippen LogP contribution in [0.25, 0.3) is 11.1 Å². The lowest BCUT2D eigenvalue weighted by atomic mass is 9.79. The Morgan fingerprint density at radius 1 is 1.00 bits per heavy atom. The van der Waals surface area contributed by atoms with E-state index in [-0.39, 0.29) is 5.83 Å². The van der Waals surface area contributed by atoms with E-state index in [2.05, 4.69) is 56.6 Å². The number of halogens is 1. The van der Waals surface area contributed by atoms with Crippen molar-refractivity contribution >= 4 is 16.8 Å². The highest BCUT2D eigenvalue weighted by atomic mass is 19.1. The summed E-state index contributed by atoms with van der Waals surface area (Å²) in [6, 6.07) is 16.4. The molecule has 1 N–H and O–H groups in total. The first-order valence-electron chi connectivity index (χ1n) is 11.9. The highest BCUT2D eigenvalue weighted by molar-refractivity contribution is 5.83. The number of anilines is 1. The smallest absolute Gasteiger partial charge is 0.131 e. The van der Waals surface area contributed by atoms with Gasteiger partial charge in [-0.15, -0.1) is 0 Å². The molecule has 3 rings (SSSR count). The molecular weight excluding hydrogens is 393 g/mol. The molecule has 0 heterocycles. The first kappa shape index (κ1) is 23.8. The first-order chi connectivity index (χ1) is 15.5. The van der Waals surface area contributed by atoms with Crippen LogP contribution in [0.15, 0.2) is 85.7 Å². The Morgan fingerprint density at radius 2 is 1.62 bits per heavy atom. The Kier molecular flexibility index (Phi) is 8.67. The van der Waals surface area contributed by atoms with Gasteiger partial charge in [0.25, 0.3) is 0 Å². The molecule has 1 saturated carbocycles. The van der Waals surface area contributed by atoms with E-state index in [1.165, 1.54) is 31.2 Å². The van der Waals surface area contributed by atoms with E-state index < -0.39 is 0 Å². The molecule has 0 unspecified atom stereocenters. The van der Waals surface area contributed by atoms with E-state index >= 15 is 4.39 Å². The predicted octanol–water partition coefficient (Wildman–Crippen LogP) is 8.94. The van der Waals surface area contributed by atoms with Gasteiger partial charge in [-0.3, -0.25) is 0 Å². The van der Waals surface area contributed by atoms with Gasteiger partial charge < -0.3 is 5.32 Å². The van der Waals surface area contributed by atoms with Crippen molar-refractivity contribution < 1.29 is 4.39 Å². The molecule has 1 aliphatic rings. The summed E-state index contributed by atoms with van der Waals surface area (Å²) in [6.07, 6.45) is 11.3. The van der Waals surface area contributed by atoms with Crippen molar-refractivity contribution in [3.63, 3.8) is 0 Å². The molecule has 2 aromatic rings. The Bertz CT molecular complexity index is 955. The van der Waals surface area contributed by atoms with Crippen LogP contribution in [0.1, 0.15) is 68.6 Å². The molecule has 1 nitrogen and oxygen atoms in total. The van der Waals surface area contributed by atoms with Gasteiger partial charge in [0.15, 0.2) is 0 Å². The maximum absolute atomic E-state index is 15.1. The number of benzene rings is 2. The zero-order valence-electron chi connectivity index (χ0n) is 19.5. The van der Waals surface area contributed by atoms with Crippen LogP contribution in [-0.2, 0) is 0 Å².